The first-order chi connectivity index (χ1) is 5.33. The lowest BCUT2D eigenvalue weighted by atomic mass is 10.4. The van der Waals surface area contributed by atoms with Crippen LogP contribution in [0.4, 0.5) is 0 Å². The smallest absolute Gasteiger partial charge is 0.116 e. The molecule has 1 saturated heterocycles. The van der Waals surface area contributed by atoms with E-state index in [0.717, 1.165) is 25.5 Å². The summed E-state index contributed by atoms with van der Waals surface area (Å²) in [7, 11) is 2.10. The summed E-state index contributed by atoms with van der Waals surface area (Å²) < 4.78 is 0. The van der Waals surface area contributed by atoms with Crippen molar-refractivity contribution < 1.29 is 0 Å². The lowest BCUT2D eigenvalue weighted by Crippen LogP contribution is -2.45. The molecule has 0 amide bonds. The maximum atomic E-state index is 4.24. The topological polar surface area (TPSA) is 27.6 Å². The summed E-state index contributed by atoms with van der Waals surface area (Å²) in [5.74, 6) is 1.07. The number of hydrogen-bond donors (Lipinski definition) is 1. The molecule has 0 unspecified atom stereocenters. The number of likely N-dealkylation sites (N-methyl/N-ethyl adjacent to an activating group) is 1. The molecule has 0 saturated carbocycles. The second-order valence-corrected chi connectivity index (χ2v) is 2.72. The number of amidine groups is 1. The molecule has 0 atom stereocenters. The summed E-state index contributed by atoms with van der Waals surface area (Å²) in [6.07, 6.45) is 3.75. The fraction of sp³-hybridized carbons (Fsp3) is 0.625. The number of nitrogens with zero attached hydrogens (tertiary/aromatic N) is 2. The molecule has 0 aromatic carbocycles. The first kappa shape index (κ1) is 8.27. The highest BCUT2D eigenvalue weighted by Crippen LogP contribution is 1.90. The van der Waals surface area contributed by atoms with Crippen molar-refractivity contribution in [1.29, 1.82) is 0 Å². The van der Waals surface area contributed by atoms with Crippen molar-refractivity contribution in [2.45, 2.75) is 6.92 Å². The molecular weight excluding hydrogens is 138 g/mol. The number of piperazine rings is 1. The Labute approximate surface area is 67.8 Å². The van der Waals surface area contributed by atoms with Gasteiger partial charge < -0.3 is 5.32 Å². The molecule has 0 aromatic rings. The van der Waals surface area contributed by atoms with E-state index in [1.165, 1.54) is 0 Å². The van der Waals surface area contributed by atoms with E-state index in [2.05, 4.69) is 22.3 Å². The molecular formula is C8H15N3. The van der Waals surface area contributed by atoms with E-state index in [0.29, 0.717) is 0 Å². The standard InChI is InChI=1S/C8H15N3/c1-3-4-9-8-7-11(2)6-5-10-8/h3-4H,5-7H2,1-2H3,(H,9,10)/b4-3-. The van der Waals surface area contributed by atoms with Crippen molar-refractivity contribution in [3.63, 3.8) is 0 Å². The van der Waals surface area contributed by atoms with E-state index < -0.39 is 0 Å². The minimum atomic E-state index is 0.935. The lowest BCUT2D eigenvalue weighted by Gasteiger charge is -2.24. The molecule has 1 fully saturated rings. The molecule has 1 rings (SSSR count). The van der Waals surface area contributed by atoms with Crippen LogP contribution in [0.15, 0.2) is 17.3 Å². The van der Waals surface area contributed by atoms with Gasteiger partial charge in [0.2, 0.25) is 0 Å². The predicted octanol–water partition coefficient (Wildman–Crippen LogP) is 0.454. The first-order valence-corrected chi connectivity index (χ1v) is 3.93. The molecule has 1 aliphatic rings. The van der Waals surface area contributed by atoms with Gasteiger partial charge in [0, 0.05) is 19.3 Å². The summed E-state index contributed by atoms with van der Waals surface area (Å²) in [5, 5.41) is 3.24. The largest absolute Gasteiger partial charge is 0.371 e. The van der Waals surface area contributed by atoms with Crippen molar-refractivity contribution in [3.05, 3.63) is 12.3 Å². The van der Waals surface area contributed by atoms with Gasteiger partial charge in [0.1, 0.15) is 5.84 Å². The molecule has 11 heavy (non-hydrogen) atoms. The van der Waals surface area contributed by atoms with Gasteiger partial charge >= 0.3 is 0 Å². The van der Waals surface area contributed by atoms with Crippen LogP contribution in [0.2, 0.25) is 0 Å². The van der Waals surface area contributed by atoms with Crippen LogP contribution in [0.3, 0.4) is 0 Å². The number of aliphatic imine (C=N–C) groups is 1. The summed E-state index contributed by atoms with van der Waals surface area (Å²) >= 11 is 0. The maximum Gasteiger partial charge on any atom is 0.116 e. The van der Waals surface area contributed by atoms with E-state index in [4.69, 9.17) is 0 Å². The summed E-state index contributed by atoms with van der Waals surface area (Å²) in [5.41, 5.74) is 0. The molecule has 1 aliphatic heterocycles. The lowest BCUT2D eigenvalue weighted by molar-refractivity contribution is 0.359. The van der Waals surface area contributed by atoms with Gasteiger partial charge in [-0.3, -0.25) is 4.90 Å². The van der Waals surface area contributed by atoms with Gasteiger partial charge in [-0.05, 0) is 14.0 Å². The average molecular weight is 153 g/mol. The van der Waals surface area contributed by atoms with Gasteiger partial charge in [0.15, 0.2) is 0 Å². The maximum absolute atomic E-state index is 4.24. The highest BCUT2D eigenvalue weighted by atomic mass is 15.2. The van der Waals surface area contributed by atoms with Crippen LogP contribution in [0.1, 0.15) is 6.92 Å². The summed E-state index contributed by atoms with van der Waals surface area (Å²) in [6, 6.07) is 0. The molecule has 3 heteroatoms. The van der Waals surface area contributed by atoms with Crippen LogP contribution in [0.5, 0.6) is 0 Å². The van der Waals surface area contributed by atoms with Crippen molar-refractivity contribution in [2.75, 3.05) is 26.7 Å². The number of rotatable bonds is 1. The number of allylic oxidation sites excluding steroid dienone is 1. The van der Waals surface area contributed by atoms with Gasteiger partial charge in [-0.1, -0.05) is 6.08 Å². The average Bonchev–Trinajstić information content (AvgIpc) is 2.01. The summed E-state index contributed by atoms with van der Waals surface area (Å²) in [6.45, 7) is 5.02. The van der Waals surface area contributed by atoms with Crippen molar-refractivity contribution >= 4 is 5.84 Å². The van der Waals surface area contributed by atoms with E-state index in [-0.39, 0.29) is 0 Å². The van der Waals surface area contributed by atoms with Crippen molar-refractivity contribution in [1.82, 2.24) is 10.2 Å². The van der Waals surface area contributed by atoms with Gasteiger partial charge in [-0.25, -0.2) is 4.99 Å². The zero-order chi connectivity index (χ0) is 8.10. The Bertz CT molecular complexity index is 172. The minimum Gasteiger partial charge on any atom is -0.371 e. The molecule has 0 aliphatic carbocycles. The van der Waals surface area contributed by atoms with Gasteiger partial charge in [-0.15, -0.1) is 0 Å². The predicted molar refractivity (Wildman–Crippen MR) is 47.7 cm³/mol. The third-order valence-corrected chi connectivity index (χ3v) is 1.62. The fourth-order valence-electron chi connectivity index (χ4n) is 1.03. The van der Waals surface area contributed by atoms with E-state index in [9.17, 15) is 0 Å². The van der Waals surface area contributed by atoms with E-state index in [1.54, 1.807) is 0 Å². The van der Waals surface area contributed by atoms with Crippen molar-refractivity contribution in [3.8, 4) is 0 Å². The van der Waals surface area contributed by atoms with Gasteiger partial charge in [0.25, 0.3) is 0 Å². The molecule has 0 aromatic heterocycles. The normalized spacial score (nSPS) is 24.4. The highest BCUT2D eigenvalue weighted by molar-refractivity contribution is 5.85. The number of hydrogen-bond acceptors (Lipinski definition) is 2. The first-order valence-electron chi connectivity index (χ1n) is 3.93. The molecule has 1 heterocycles. The minimum absolute atomic E-state index is 0.935. The van der Waals surface area contributed by atoms with E-state index >= 15 is 0 Å². The second-order valence-electron chi connectivity index (χ2n) is 2.72. The SMILES string of the molecule is C/C=C\N=C1\CN(C)CCN1. The van der Waals surface area contributed by atoms with Crippen LogP contribution in [0.25, 0.3) is 0 Å². The van der Waals surface area contributed by atoms with Crippen molar-refractivity contribution in [2.24, 2.45) is 4.99 Å². The molecule has 0 radical (unpaired) electrons. The van der Waals surface area contributed by atoms with Crippen LogP contribution in [-0.4, -0.2) is 37.4 Å². The molecule has 1 N–H and O–H groups in total. The highest BCUT2D eigenvalue weighted by Gasteiger charge is 2.08. The Kier molecular flexibility index (Phi) is 3.11. The zero-order valence-corrected chi connectivity index (χ0v) is 7.17. The monoisotopic (exact) mass is 153 g/mol. The third-order valence-electron chi connectivity index (χ3n) is 1.62. The molecule has 0 bridgehead atoms. The Morgan fingerprint density at radius 2 is 2.45 bits per heavy atom. The Morgan fingerprint density at radius 1 is 1.64 bits per heavy atom. The fourth-order valence-corrected chi connectivity index (χ4v) is 1.03. The molecule has 3 nitrogen and oxygen atoms in total. The summed E-state index contributed by atoms with van der Waals surface area (Å²) in [4.78, 5) is 6.48. The van der Waals surface area contributed by atoms with Crippen LogP contribution in [-0.2, 0) is 0 Å². The Morgan fingerprint density at radius 3 is 3.09 bits per heavy atom. The van der Waals surface area contributed by atoms with Crippen LogP contribution < -0.4 is 5.32 Å². The van der Waals surface area contributed by atoms with Gasteiger partial charge in [-0.2, -0.15) is 0 Å². The quantitative estimate of drug-likeness (QED) is 0.592. The second kappa shape index (κ2) is 4.13. The van der Waals surface area contributed by atoms with Crippen LogP contribution in [0, 0.1) is 0 Å². The Hall–Kier alpha value is -0.830. The number of nitrogens with one attached hydrogen (secondary N) is 1. The van der Waals surface area contributed by atoms with Crippen LogP contribution >= 0.6 is 0 Å². The molecule has 62 valence electrons. The Balaban J connectivity index is 2.45. The molecule has 0 spiro atoms. The zero-order valence-electron chi connectivity index (χ0n) is 7.17. The van der Waals surface area contributed by atoms with E-state index in [1.807, 2.05) is 19.2 Å². The van der Waals surface area contributed by atoms with Gasteiger partial charge in [0.05, 0.1) is 6.54 Å². The third kappa shape index (κ3) is 2.72.